The summed E-state index contributed by atoms with van der Waals surface area (Å²) in [6, 6.07) is 7.52. The van der Waals surface area contributed by atoms with Crippen molar-refractivity contribution in [2.45, 2.75) is 6.18 Å². The van der Waals surface area contributed by atoms with Crippen molar-refractivity contribution in [1.29, 1.82) is 0 Å². The van der Waals surface area contributed by atoms with E-state index in [2.05, 4.69) is 20.3 Å². The maximum Gasteiger partial charge on any atom is 0.418 e. The third kappa shape index (κ3) is 3.61. The van der Waals surface area contributed by atoms with Crippen molar-refractivity contribution in [3.8, 4) is 0 Å². The van der Waals surface area contributed by atoms with E-state index in [4.69, 9.17) is 11.5 Å². The lowest BCUT2D eigenvalue weighted by molar-refractivity contribution is -0.137. The molecule has 0 aliphatic carbocycles. The van der Waals surface area contributed by atoms with Gasteiger partial charge >= 0.3 is 6.18 Å². The molecule has 27 heavy (non-hydrogen) atoms. The highest BCUT2D eigenvalue weighted by atomic mass is 19.4. The summed E-state index contributed by atoms with van der Waals surface area (Å²) in [4.78, 5) is 16.2. The van der Waals surface area contributed by atoms with Gasteiger partial charge in [-0.3, -0.25) is 9.78 Å². The van der Waals surface area contributed by atoms with Crippen LogP contribution in [-0.4, -0.2) is 20.7 Å². The highest BCUT2D eigenvalue weighted by Crippen LogP contribution is 2.38. The van der Waals surface area contributed by atoms with Crippen LogP contribution in [0.25, 0.3) is 0 Å². The second kappa shape index (κ2) is 6.86. The molecule has 2 aromatic heterocycles. The molecule has 0 amide bonds. The number of halogens is 3. The molecule has 0 atom stereocenters. The molecule has 11 heteroatoms. The van der Waals surface area contributed by atoms with Gasteiger partial charge in [0.05, 0.1) is 11.3 Å². The first kappa shape index (κ1) is 18.0. The zero-order valence-corrected chi connectivity index (χ0v) is 13.6. The topological polar surface area (TPSA) is 125 Å². The maximum absolute atomic E-state index is 13.0. The van der Waals surface area contributed by atoms with Crippen molar-refractivity contribution >= 4 is 28.9 Å². The predicted molar refractivity (Wildman–Crippen MR) is 90.6 cm³/mol. The van der Waals surface area contributed by atoms with Gasteiger partial charge in [-0.25, -0.2) is 0 Å². The normalized spacial score (nSPS) is 11.8. The number of benzene rings is 1. The molecule has 1 aromatic carbocycles. The Balaban J connectivity index is 1.97. The van der Waals surface area contributed by atoms with E-state index >= 15 is 0 Å². The molecule has 0 fully saturated rings. The quantitative estimate of drug-likeness (QED) is 0.677. The highest BCUT2D eigenvalue weighted by Gasteiger charge is 2.33. The number of aromatic nitrogens is 3. The van der Waals surface area contributed by atoms with Crippen molar-refractivity contribution in [1.82, 2.24) is 14.8 Å². The third-order valence-corrected chi connectivity index (χ3v) is 3.51. The van der Waals surface area contributed by atoms with E-state index in [1.54, 1.807) is 0 Å². The van der Waals surface area contributed by atoms with Gasteiger partial charge in [0.1, 0.15) is 0 Å². The molecule has 0 radical (unpaired) electrons. The number of hydrogen-bond acceptors (Lipinski definition) is 7. The predicted octanol–water partition coefficient (Wildman–Crippen LogP) is 3.57. The average Bonchev–Trinajstić information content (AvgIpc) is 2.93. The summed E-state index contributed by atoms with van der Waals surface area (Å²) >= 11 is 0. The molecule has 0 aliphatic rings. The van der Waals surface area contributed by atoms with Crippen LogP contribution in [0.5, 0.6) is 0 Å². The maximum atomic E-state index is 13.0. The summed E-state index contributed by atoms with van der Waals surface area (Å²) in [6.07, 6.45) is -1.79. The molecular weight excluding hydrogens is 363 g/mol. The first-order chi connectivity index (χ1) is 12.8. The van der Waals surface area contributed by atoms with Crippen LogP contribution in [0.2, 0.25) is 0 Å². The smallest absolute Gasteiger partial charge is 0.382 e. The van der Waals surface area contributed by atoms with Gasteiger partial charge in [0.2, 0.25) is 0 Å². The Morgan fingerprint density at radius 3 is 2.37 bits per heavy atom. The van der Waals surface area contributed by atoms with E-state index < -0.39 is 23.3 Å². The molecule has 0 saturated heterocycles. The van der Waals surface area contributed by atoms with Crippen LogP contribution in [0.15, 0.2) is 59.0 Å². The Morgan fingerprint density at radius 2 is 1.70 bits per heavy atom. The Bertz CT molecular complexity index is 1010. The molecule has 0 bridgehead atoms. The number of hydrogen-bond donors (Lipinski definition) is 2. The molecule has 0 spiro atoms. The second-order valence-electron chi connectivity index (χ2n) is 5.29. The van der Waals surface area contributed by atoms with Gasteiger partial charge in [0, 0.05) is 18.0 Å². The summed E-state index contributed by atoms with van der Waals surface area (Å²) < 4.78 is 39.8. The van der Waals surface area contributed by atoms with Crippen LogP contribution in [0.3, 0.4) is 0 Å². The number of nitrogens with zero attached hydrogens (tertiary/aromatic N) is 5. The molecule has 3 aromatic rings. The molecule has 2 heterocycles. The molecule has 0 aliphatic heterocycles. The first-order valence-electron chi connectivity index (χ1n) is 7.45. The van der Waals surface area contributed by atoms with E-state index in [1.807, 2.05) is 0 Å². The Morgan fingerprint density at radius 1 is 1.04 bits per heavy atom. The van der Waals surface area contributed by atoms with Crippen LogP contribution in [-0.2, 0) is 6.18 Å². The highest BCUT2D eigenvalue weighted by molar-refractivity contribution is 5.98. The van der Waals surface area contributed by atoms with Gasteiger partial charge in [-0.2, -0.15) is 17.9 Å². The number of nitrogen functional groups attached to an aromatic ring is 2. The molecular formula is C16H12F3N7O. The van der Waals surface area contributed by atoms with Gasteiger partial charge in [0.15, 0.2) is 17.3 Å². The van der Waals surface area contributed by atoms with Crippen molar-refractivity contribution in [2.75, 3.05) is 11.5 Å². The summed E-state index contributed by atoms with van der Waals surface area (Å²) in [7, 11) is 0. The fourth-order valence-electron chi connectivity index (χ4n) is 2.22. The number of nitrogens with two attached hydrogens (primary N) is 2. The number of pyridine rings is 1. The largest absolute Gasteiger partial charge is 0.418 e. The number of rotatable bonds is 3. The Hall–Kier alpha value is -3.76. The molecule has 3 rings (SSSR count). The molecule has 8 nitrogen and oxygen atoms in total. The second-order valence-corrected chi connectivity index (χ2v) is 5.29. The number of carbonyl (C=O) groups excluding carboxylic acids is 1. The van der Waals surface area contributed by atoms with Gasteiger partial charge < -0.3 is 11.5 Å². The SMILES string of the molecule is Nc1nn(C(=O)c2ccncc2)c(N)c1N=Nc1ccccc1C(F)(F)F. The van der Waals surface area contributed by atoms with Crippen molar-refractivity contribution in [3.63, 3.8) is 0 Å². The number of carbonyl (C=O) groups is 1. The van der Waals surface area contributed by atoms with Gasteiger partial charge in [-0.15, -0.1) is 15.3 Å². The van der Waals surface area contributed by atoms with E-state index in [9.17, 15) is 18.0 Å². The van der Waals surface area contributed by atoms with E-state index in [-0.39, 0.29) is 22.9 Å². The Labute approximate surface area is 150 Å². The van der Waals surface area contributed by atoms with Crippen LogP contribution in [0.4, 0.5) is 36.2 Å². The summed E-state index contributed by atoms with van der Waals surface area (Å²) in [6.45, 7) is 0. The summed E-state index contributed by atoms with van der Waals surface area (Å²) in [5, 5.41) is 11.0. The fourth-order valence-corrected chi connectivity index (χ4v) is 2.22. The van der Waals surface area contributed by atoms with E-state index in [0.29, 0.717) is 0 Å². The minimum absolute atomic E-state index is 0.200. The van der Waals surface area contributed by atoms with E-state index in [1.165, 1.54) is 36.7 Å². The number of alkyl halides is 3. The van der Waals surface area contributed by atoms with Crippen LogP contribution >= 0.6 is 0 Å². The monoisotopic (exact) mass is 375 g/mol. The fraction of sp³-hybridized carbons (Fsp3) is 0.0625. The van der Waals surface area contributed by atoms with Crippen molar-refractivity contribution < 1.29 is 18.0 Å². The first-order valence-corrected chi connectivity index (χ1v) is 7.45. The van der Waals surface area contributed by atoms with Crippen molar-refractivity contribution in [3.05, 3.63) is 59.9 Å². The summed E-state index contributed by atoms with van der Waals surface area (Å²) in [5.41, 5.74) is 10.2. The Kier molecular flexibility index (Phi) is 4.59. The zero-order valence-electron chi connectivity index (χ0n) is 13.6. The minimum atomic E-state index is -4.60. The summed E-state index contributed by atoms with van der Waals surface area (Å²) in [5.74, 6) is -1.09. The lowest BCUT2D eigenvalue weighted by atomic mass is 10.2. The molecule has 0 saturated carbocycles. The lowest BCUT2D eigenvalue weighted by Gasteiger charge is -2.08. The third-order valence-electron chi connectivity index (χ3n) is 3.51. The van der Waals surface area contributed by atoms with Gasteiger partial charge in [0.25, 0.3) is 5.91 Å². The van der Waals surface area contributed by atoms with Gasteiger partial charge in [-0.1, -0.05) is 12.1 Å². The molecule has 0 unspecified atom stereocenters. The van der Waals surface area contributed by atoms with Crippen LogP contribution in [0, 0.1) is 0 Å². The van der Waals surface area contributed by atoms with E-state index in [0.717, 1.165) is 16.8 Å². The average molecular weight is 375 g/mol. The van der Waals surface area contributed by atoms with Crippen molar-refractivity contribution in [2.24, 2.45) is 10.2 Å². The standard InChI is InChI=1S/C16H12F3N7O/c17-16(18,19)10-3-1-2-4-11(10)23-24-12-13(20)25-26(14(12)21)15(27)9-5-7-22-8-6-9/h1-8H,21H2,(H2,20,25). The zero-order chi connectivity index (χ0) is 19.6. The van der Waals surface area contributed by atoms with Crippen LogP contribution < -0.4 is 11.5 Å². The number of anilines is 2. The minimum Gasteiger partial charge on any atom is -0.382 e. The molecule has 4 N–H and O–H groups in total. The van der Waals surface area contributed by atoms with Crippen LogP contribution in [0.1, 0.15) is 15.9 Å². The van der Waals surface area contributed by atoms with Gasteiger partial charge in [-0.05, 0) is 24.3 Å². The number of azo groups is 1. The molecule has 138 valence electrons. The lowest BCUT2D eigenvalue weighted by Crippen LogP contribution is -2.16.